The molecule has 82 valence electrons. The van der Waals surface area contributed by atoms with Crippen molar-refractivity contribution in [2.45, 2.75) is 51.0 Å². The first-order valence-electron chi connectivity index (χ1n) is 6.11. The van der Waals surface area contributed by atoms with Crippen molar-refractivity contribution < 1.29 is 0 Å². The molecule has 3 nitrogen and oxygen atoms in total. The topological polar surface area (TPSA) is 40.7 Å². The van der Waals surface area contributed by atoms with Crippen LogP contribution in [0.25, 0.3) is 0 Å². The highest BCUT2D eigenvalue weighted by atomic mass is 15.0. The fourth-order valence-corrected chi connectivity index (χ4v) is 2.55. The van der Waals surface area contributed by atoms with Crippen LogP contribution in [0.1, 0.15) is 48.8 Å². The van der Waals surface area contributed by atoms with E-state index in [1.807, 2.05) is 0 Å². The predicted octanol–water partition coefficient (Wildman–Crippen LogP) is 1.89. The Bertz CT molecular complexity index is 346. The maximum absolute atomic E-state index is 4.74. The van der Waals surface area contributed by atoms with Crippen molar-refractivity contribution in [3.63, 3.8) is 0 Å². The van der Waals surface area contributed by atoms with Gasteiger partial charge in [0, 0.05) is 24.1 Å². The van der Waals surface area contributed by atoms with Gasteiger partial charge in [0.1, 0.15) is 5.82 Å². The SMILES string of the molecule is Cc1[nH]c(CC2CCCN2)nc1C1CC1. The summed E-state index contributed by atoms with van der Waals surface area (Å²) in [6.07, 6.45) is 6.38. The van der Waals surface area contributed by atoms with Crippen LogP contribution in [0, 0.1) is 6.92 Å². The predicted molar refractivity (Wildman–Crippen MR) is 60.0 cm³/mol. The van der Waals surface area contributed by atoms with Gasteiger partial charge in [-0.15, -0.1) is 0 Å². The lowest BCUT2D eigenvalue weighted by Gasteiger charge is -2.06. The van der Waals surface area contributed by atoms with Crippen molar-refractivity contribution >= 4 is 0 Å². The number of rotatable bonds is 3. The number of aromatic amines is 1. The van der Waals surface area contributed by atoms with E-state index in [0.717, 1.165) is 12.3 Å². The number of aromatic nitrogens is 2. The Morgan fingerprint density at radius 1 is 1.33 bits per heavy atom. The molecule has 1 unspecified atom stereocenters. The average molecular weight is 205 g/mol. The Hall–Kier alpha value is -0.830. The highest BCUT2D eigenvalue weighted by molar-refractivity contribution is 5.22. The van der Waals surface area contributed by atoms with E-state index >= 15 is 0 Å². The fraction of sp³-hybridized carbons (Fsp3) is 0.750. The van der Waals surface area contributed by atoms with Crippen molar-refractivity contribution in [1.82, 2.24) is 15.3 Å². The molecule has 1 aromatic rings. The molecule has 0 aromatic carbocycles. The molecule has 1 atom stereocenters. The Kier molecular flexibility index (Phi) is 2.28. The maximum atomic E-state index is 4.74. The number of nitrogens with one attached hydrogen (secondary N) is 2. The van der Waals surface area contributed by atoms with Crippen LogP contribution in [0.4, 0.5) is 0 Å². The van der Waals surface area contributed by atoms with Gasteiger partial charge in [-0.05, 0) is 39.2 Å². The normalized spacial score (nSPS) is 26.1. The quantitative estimate of drug-likeness (QED) is 0.791. The molecule has 2 fully saturated rings. The number of H-pyrrole nitrogens is 1. The molecule has 1 aromatic heterocycles. The fourth-order valence-electron chi connectivity index (χ4n) is 2.55. The molecule has 0 spiro atoms. The lowest BCUT2D eigenvalue weighted by atomic mass is 10.1. The van der Waals surface area contributed by atoms with Gasteiger partial charge >= 0.3 is 0 Å². The number of hydrogen-bond donors (Lipinski definition) is 2. The van der Waals surface area contributed by atoms with Gasteiger partial charge in [0.15, 0.2) is 0 Å². The first-order chi connectivity index (χ1) is 7.33. The zero-order chi connectivity index (χ0) is 10.3. The van der Waals surface area contributed by atoms with E-state index in [9.17, 15) is 0 Å². The Morgan fingerprint density at radius 2 is 2.20 bits per heavy atom. The molecule has 1 aliphatic heterocycles. The van der Waals surface area contributed by atoms with Gasteiger partial charge in [-0.1, -0.05) is 0 Å². The summed E-state index contributed by atoms with van der Waals surface area (Å²) in [4.78, 5) is 8.18. The number of aryl methyl sites for hydroxylation is 1. The number of hydrogen-bond acceptors (Lipinski definition) is 2. The van der Waals surface area contributed by atoms with E-state index in [4.69, 9.17) is 4.98 Å². The zero-order valence-corrected chi connectivity index (χ0v) is 9.34. The molecule has 1 aliphatic carbocycles. The summed E-state index contributed by atoms with van der Waals surface area (Å²) in [6.45, 7) is 3.34. The summed E-state index contributed by atoms with van der Waals surface area (Å²) in [6, 6.07) is 0.655. The molecule has 1 saturated heterocycles. The van der Waals surface area contributed by atoms with Gasteiger partial charge in [-0.2, -0.15) is 0 Å². The van der Waals surface area contributed by atoms with Crippen LogP contribution in [0.2, 0.25) is 0 Å². The average Bonchev–Trinajstić information content (AvgIpc) is 2.81. The van der Waals surface area contributed by atoms with Crippen LogP contribution in [-0.4, -0.2) is 22.6 Å². The molecule has 3 rings (SSSR count). The summed E-state index contributed by atoms with van der Waals surface area (Å²) in [5.41, 5.74) is 2.63. The van der Waals surface area contributed by atoms with Gasteiger partial charge in [0.2, 0.25) is 0 Å². The lowest BCUT2D eigenvalue weighted by Crippen LogP contribution is -2.24. The van der Waals surface area contributed by atoms with Gasteiger partial charge < -0.3 is 10.3 Å². The minimum Gasteiger partial charge on any atom is -0.346 e. The van der Waals surface area contributed by atoms with E-state index in [1.165, 1.54) is 49.4 Å². The third kappa shape index (κ3) is 1.93. The van der Waals surface area contributed by atoms with Crippen molar-refractivity contribution in [3.05, 3.63) is 17.2 Å². The first kappa shape index (κ1) is 9.40. The standard InChI is InChI=1S/C12H19N3/c1-8-12(9-4-5-9)15-11(14-8)7-10-3-2-6-13-10/h9-10,13H,2-7H2,1H3,(H,14,15). The van der Waals surface area contributed by atoms with Crippen molar-refractivity contribution in [2.75, 3.05) is 6.54 Å². The molecule has 0 bridgehead atoms. The minimum absolute atomic E-state index is 0.655. The van der Waals surface area contributed by atoms with Gasteiger partial charge in [0.05, 0.1) is 5.69 Å². The Labute approximate surface area is 90.7 Å². The monoisotopic (exact) mass is 205 g/mol. The van der Waals surface area contributed by atoms with Crippen LogP contribution in [0.5, 0.6) is 0 Å². The Morgan fingerprint density at radius 3 is 2.87 bits per heavy atom. The highest BCUT2D eigenvalue weighted by Gasteiger charge is 2.28. The molecule has 0 radical (unpaired) electrons. The van der Waals surface area contributed by atoms with Gasteiger partial charge in [-0.3, -0.25) is 0 Å². The minimum atomic E-state index is 0.655. The second-order valence-corrected chi connectivity index (χ2v) is 4.97. The Balaban J connectivity index is 1.71. The van der Waals surface area contributed by atoms with Crippen molar-refractivity contribution in [2.24, 2.45) is 0 Å². The maximum Gasteiger partial charge on any atom is 0.108 e. The third-order valence-corrected chi connectivity index (χ3v) is 3.54. The molecular formula is C12H19N3. The molecule has 2 N–H and O–H groups in total. The highest BCUT2D eigenvalue weighted by Crippen LogP contribution is 2.40. The van der Waals surface area contributed by atoms with E-state index in [-0.39, 0.29) is 0 Å². The second kappa shape index (κ2) is 3.63. The van der Waals surface area contributed by atoms with Crippen LogP contribution in [0.3, 0.4) is 0 Å². The number of imidazole rings is 1. The summed E-state index contributed by atoms with van der Waals surface area (Å²) in [7, 11) is 0. The summed E-state index contributed by atoms with van der Waals surface area (Å²) in [5.74, 6) is 1.96. The van der Waals surface area contributed by atoms with Crippen LogP contribution in [-0.2, 0) is 6.42 Å². The first-order valence-corrected chi connectivity index (χ1v) is 6.11. The van der Waals surface area contributed by atoms with Crippen LogP contribution < -0.4 is 5.32 Å². The number of nitrogens with zero attached hydrogens (tertiary/aromatic N) is 1. The summed E-state index contributed by atoms with van der Waals surface area (Å²) in [5, 5.41) is 3.52. The molecule has 2 heterocycles. The van der Waals surface area contributed by atoms with Gasteiger partial charge in [0.25, 0.3) is 0 Å². The van der Waals surface area contributed by atoms with Crippen molar-refractivity contribution in [3.8, 4) is 0 Å². The second-order valence-electron chi connectivity index (χ2n) is 4.97. The third-order valence-electron chi connectivity index (χ3n) is 3.54. The molecule has 1 saturated carbocycles. The van der Waals surface area contributed by atoms with E-state index < -0.39 is 0 Å². The van der Waals surface area contributed by atoms with Crippen molar-refractivity contribution in [1.29, 1.82) is 0 Å². The molecular weight excluding hydrogens is 186 g/mol. The lowest BCUT2D eigenvalue weighted by molar-refractivity contribution is 0.587. The molecule has 2 aliphatic rings. The summed E-state index contributed by atoms with van der Waals surface area (Å²) >= 11 is 0. The van der Waals surface area contributed by atoms with Gasteiger partial charge in [-0.25, -0.2) is 4.98 Å². The smallest absolute Gasteiger partial charge is 0.108 e. The van der Waals surface area contributed by atoms with E-state index in [0.29, 0.717) is 6.04 Å². The zero-order valence-electron chi connectivity index (χ0n) is 9.34. The summed E-state index contributed by atoms with van der Waals surface area (Å²) < 4.78 is 0. The molecule has 15 heavy (non-hydrogen) atoms. The van der Waals surface area contributed by atoms with Crippen LogP contribution >= 0.6 is 0 Å². The van der Waals surface area contributed by atoms with E-state index in [1.54, 1.807) is 0 Å². The largest absolute Gasteiger partial charge is 0.346 e. The molecule has 3 heteroatoms. The van der Waals surface area contributed by atoms with E-state index in [2.05, 4.69) is 17.2 Å². The van der Waals surface area contributed by atoms with Crippen LogP contribution in [0.15, 0.2) is 0 Å². The molecule has 0 amide bonds.